The quantitative estimate of drug-likeness (QED) is 0.432. The second-order valence-corrected chi connectivity index (χ2v) is 5.94. The van der Waals surface area contributed by atoms with Crippen molar-refractivity contribution in [2.45, 2.75) is 4.90 Å². The number of hydrogen-bond donors (Lipinski definition) is 1. The van der Waals surface area contributed by atoms with E-state index in [1.165, 1.54) is 18.2 Å². The Bertz CT molecular complexity index is 932. The first-order chi connectivity index (χ1) is 9.97. The molecular formula is C15H13AlO5S. The molecule has 3 rings (SSSR count). The molecule has 2 aromatic carbocycles. The molecule has 1 N–H and O–H groups in total. The molecule has 0 aliphatic carbocycles. The van der Waals surface area contributed by atoms with Gasteiger partial charge in [0.05, 0.1) is 16.3 Å². The van der Waals surface area contributed by atoms with Crippen molar-refractivity contribution in [3.8, 4) is 0 Å². The van der Waals surface area contributed by atoms with Gasteiger partial charge in [0.2, 0.25) is 5.43 Å². The average Bonchev–Trinajstić information content (AvgIpc) is 2.46. The van der Waals surface area contributed by atoms with Crippen LogP contribution in [0.25, 0.3) is 21.9 Å². The number of carboxylic acids is 1. The maximum atomic E-state index is 12.4. The molecule has 0 radical (unpaired) electrons. The molecule has 112 valence electrons. The molecule has 0 saturated heterocycles. The van der Waals surface area contributed by atoms with Crippen LogP contribution in [-0.4, -0.2) is 39.2 Å². The molecule has 3 aromatic rings. The van der Waals surface area contributed by atoms with Crippen LogP contribution in [0.5, 0.6) is 0 Å². The highest BCUT2D eigenvalue weighted by molar-refractivity contribution is 7.90. The van der Waals surface area contributed by atoms with Crippen molar-refractivity contribution in [1.29, 1.82) is 0 Å². The minimum absolute atomic E-state index is 0. The van der Waals surface area contributed by atoms with Crippen molar-refractivity contribution in [2.24, 2.45) is 0 Å². The van der Waals surface area contributed by atoms with E-state index in [1.807, 2.05) is 0 Å². The molecule has 1 unspecified atom stereocenters. The molecular weight excluding hydrogens is 319 g/mol. The van der Waals surface area contributed by atoms with E-state index in [-0.39, 0.29) is 33.7 Å². The second-order valence-electron chi connectivity index (χ2n) is 4.56. The third-order valence-electron chi connectivity index (χ3n) is 3.22. The summed E-state index contributed by atoms with van der Waals surface area (Å²) in [5, 5.41) is 9.53. The summed E-state index contributed by atoms with van der Waals surface area (Å²) >= 11 is -1.17. The van der Waals surface area contributed by atoms with Crippen molar-refractivity contribution in [1.82, 2.24) is 0 Å². The Hall–Kier alpha value is -1.78. The Morgan fingerprint density at radius 3 is 2.50 bits per heavy atom. The molecule has 0 aliphatic rings. The van der Waals surface area contributed by atoms with Gasteiger partial charge in [-0.05, 0) is 41.5 Å². The summed E-state index contributed by atoms with van der Waals surface area (Å²) in [7, 11) is 0. The normalized spacial score (nSPS) is 12.1. The van der Waals surface area contributed by atoms with Crippen molar-refractivity contribution in [3.63, 3.8) is 0 Å². The molecule has 0 spiro atoms. The fraction of sp³-hybridized carbons (Fsp3) is 0.0667. The van der Waals surface area contributed by atoms with Crippen LogP contribution in [0, 0.1) is 0 Å². The van der Waals surface area contributed by atoms with E-state index in [9.17, 15) is 14.1 Å². The van der Waals surface area contributed by atoms with E-state index >= 15 is 0 Å². The number of rotatable bonds is 2. The Morgan fingerprint density at radius 2 is 1.86 bits per heavy atom. The summed E-state index contributed by atoms with van der Waals surface area (Å²) in [6, 6.07) is 8.84. The van der Waals surface area contributed by atoms with Crippen LogP contribution in [0.2, 0.25) is 0 Å². The predicted octanol–water partition coefficient (Wildman–Crippen LogP) is 1.20. The van der Waals surface area contributed by atoms with E-state index in [4.69, 9.17) is 9.52 Å². The Balaban J connectivity index is 0.00000176. The van der Waals surface area contributed by atoms with Crippen LogP contribution in [-0.2, 0) is 11.2 Å². The SMILES string of the molecule is C[S+]([O-])c1ccc2c(=O)c3cc(C(=O)O)ccc3oc2c1.[AlH3]. The monoisotopic (exact) mass is 332 g/mol. The van der Waals surface area contributed by atoms with Gasteiger partial charge in [-0.1, -0.05) is 0 Å². The smallest absolute Gasteiger partial charge is 0.335 e. The number of carbonyl (C=O) groups is 1. The van der Waals surface area contributed by atoms with E-state index in [0.717, 1.165) is 0 Å². The standard InChI is InChI=1S/C15H10O5S.Al.3H/c1-21(19)9-3-4-10-13(7-9)20-12-5-2-8(15(17)18)6-11(12)14(10)16;;;;/h2-7H,1H3,(H,17,18);;;;. The number of aromatic carboxylic acids is 1. The van der Waals surface area contributed by atoms with Gasteiger partial charge in [0, 0.05) is 6.07 Å². The molecule has 0 saturated carbocycles. The second kappa shape index (κ2) is 6.15. The van der Waals surface area contributed by atoms with Gasteiger partial charge in [-0.2, -0.15) is 0 Å². The third-order valence-corrected chi connectivity index (χ3v) is 4.14. The number of hydrogen-bond acceptors (Lipinski definition) is 4. The van der Waals surface area contributed by atoms with E-state index in [2.05, 4.69) is 0 Å². The van der Waals surface area contributed by atoms with Gasteiger partial charge in [-0.25, -0.2) is 4.79 Å². The minimum Gasteiger partial charge on any atom is -0.612 e. The first-order valence-electron chi connectivity index (χ1n) is 6.05. The number of fused-ring (bicyclic) bond motifs is 2. The van der Waals surface area contributed by atoms with Crippen LogP contribution in [0.3, 0.4) is 0 Å². The van der Waals surface area contributed by atoms with Gasteiger partial charge >= 0.3 is 5.97 Å². The van der Waals surface area contributed by atoms with Crippen molar-refractivity contribution >= 4 is 56.4 Å². The molecule has 1 aromatic heterocycles. The predicted molar refractivity (Wildman–Crippen MR) is 89.2 cm³/mol. The highest BCUT2D eigenvalue weighted by Gasteiger charge is 2.13. The van der Waals surface area contributed by atoms with Crippen molar-refractivity contribution in [2.75, 3.05) is 6.26 Å². The molecule has 0 aliphatic heterocycles. The van der Waals surface area contributed by atoms with Gasteiger partial charge in [0.25, 0.3) is 0 Å². The van der Waals surface area contributed by atoms with Crippen LogP contribution < -0.4 is 5.43 Å². The molecule has 0 amide bonds. The fourth-order valence-corrected chi connectivity index (χ4v) is 2.68. The Morgan fingerprint density at radius 1 is 1.14 bits per heavy atom. The summed E-state index contributed by atoms with van der Waals surface area (Å²) < 4.78 is 17.1. The maximum Gasteiger partial charge on any atom is 0.335 e. The summed E-state index contributed by atoms with van der Waals surface area (Å²) in [6.45, 7) is 0. The largest absolute Gasteiger partial charge is 0.612 e. The van der Waals surface area contributed by atoms with Crippen LogP contribution in [0.4, 0.5) is 0 Å². The van der Waals surface area contributed by atoms with E-state index in [0.29, 0.717) is 21.4 Å². The summed E-state index contributed by atoms with van der Waals surface area (Å²) in [6.07, 6.45) is 1.54. The Labute approximate surface area is 138 Å². The average molecular weight is 332 g/mol. The molecule has 7 heteroatoms. The van der Waals surface area contributed by atoms with Gasteiger partial charge in [0.1, 0.15) is 17.4 Å². The highest BCUT2D eigenvalue weighted by atomic mass is 32.2. The molecule has 5 nitrogen and oxygen atoms in total. The lowest BCUT2D eigenvalue weighted by molar-refractivity contribution is 0.0697. The van der Waals surface area contributed by atoms with Crippen molar-refractivity contribution in [3.05, 3.63) is 52.2 Å². The van der Waals surface area contributed by atoms with Crippen molar-refractivity contribution < 1.29 is 18.9 Å². The zero-order valence-electron chi connectivity index (χ0n) is 11.0. The van der Waals surface area contributed by atoms with E-state index < -0.39 is 17.1 Å². The lowest BCUT2D eigenvalue weighted by atomic mass is 10.1. The van der Waals surface area contributed by atoms with E-state index in [1.54, 1.807) is 24.5 Å². The third kappa shape index (κ3) is 2.76. The van der Waals surface area contributed by atoms with Gasteiger partial charge in [0.15, 0.2) is 22.3 Å². The zero-order chi connectivity index (χ0) is 15.1. The summed E-state index contributed by atoms with van der Waals surface area (Å²) in [5.74, 6) is -1.10. The van der Waals surface area contributed by atoms with Gasteiger partial charge < -0.3 is 14.1 Å². The lowest BCUT2D eigenvalue weighted by Gasteiger charge is -2.06. The first-order valence-corrected chi connectivity index (χ1v) is 7.60. The number of benzene rings is 2. The van der Waals surface area contributed by atoms with Crippen LogP contribution >= 0.6 is 0 Å². The minimum atomic E-state index is -1.17. The summed E-state index contributed by atoms with van der Waals surface area (Å²) in [5.41, 5.74) is 0.364. The topological polar surface area (TPSA) is 90.6 Å². The van der Waals surface area contributed by atoms with Crippen LogP contribution in [0.1, 0.15) is 10.4 Å². The van der Waals surface area contributed by atoms with Gasteiger partial charge in [-0.15, -0.1) is 0 Å². The molecule has 22 heavy (non-hydrogen) atoms. The molecule has 0 fully saturated rings. The first kappa shape index (κ1) is 16.6. The van der Waals surface area contributed by atoms with Crippen LogP contribution in [0.15, 0.2) is 50.5 Å². The maximum absolute atomic E-state index is 12.4. The fourth-order valence-electron chi connectivity index (χ4n) is 2.15. The zero-order valence-corrected chi connectivity index (χ0v) is 11.8. The van der Waals surface area contributed by atoms with Gasteiger partial charge in [-0.3, -0.25) is 4.79 Å². The molecule has 1 atom stereocenters. The summed E-state index contributed by atoms with van der Waals surface area (Å²) in [4.78, 5) is 23.9. The Kier molecular flexibility index (Phi) is 4.64. The highest BCUT2D eigenvalue weighted by Crippen LogP contribution is 2.22. The number of carboxylic acid groups (broad SMARTS) is 1. The molecule has 1 heterocycles. The molecule has 0 bridgehead atoms. The lowest BCUT2D eigenvalue weighted by Crippen LogP contribution is -2.05.